The van der Waals surface area contributed by atoms with Crippen LogP contribution in [0.4, 0.5) is 5.69 Å². The summed E-state index contributed by atoms with van der Waals surface area (Å²) in [5.41, 5.74) is 7.86. The molecule has 0 radical (unpaired) electrons. The van der Waals surface area contributed by atoms with Crippen molar-refractivity contribution in [2.24, 2.45) is 0 Å². The highest BCUT2D eigenvalue weighted by atomic mass is 35.5. The van der Waals surface area contributed by atoms with Gasteiger partial charge < -0.3 is 4.90 Å². The number of hydrogen-bond acceptors (Lipinski definition) is 4. The lowest BCUT2D eigenvalue weighted by atomic mass is 9.88. The van der Waals surface area contributed by atoms with Crippen molar-refractivity contribution in [2.45, 2.75) is 32.1 Å². The van der Waals surface area contributed by atoms with Crippen molar-refractivity contribution in [3.8, 4) is 0 Å². The zero-order valence-electron chi connectivity index (χ0n) is 18.7. The molecule has 34 heavy (non-hydrogen) atoms. The second-order valence-corrected chi connectivity index (χ2v) is 9.21. The lowest BCUT2D eigenvalue weighted by Crippen LogP contribution is -2.37. The number of aromatic nitrogens is 1. The zero-order valence-corrected chi connectivity index (χ0v) is 19.4. The van der Waals surface area contributed by atoms with Crippen LogP contribution in [0.2, 0.25) is 5.02 Å². The standard InChI is InChI=1S/C27H24ClN3O3/c28-22-8-9-24-21(17-22)7-6-20-4-2-12-29-27(20)26(24)19-10-13-30(14-11-19)25(32)16-18-3-1-5-23(15-18)31(33)34/h1-5,8-9,12,15,17H,6-7,10-11,13-14,16H2. The molecule has 3 aromatic rings. The van der Waals surface area contributed by atoms with Crippen LogP contribution in [-0.2, 0) is 24.1 Å². The van der Waals surface area contributed by atoms with Crippen LogP contribution in [0.5, 0.6) is 0 Å². The number of carbonyl (C=O) groups excluding carboxylic acids is 1. The van der Waals surface area contributed by atoms with Gasteiger partial charge >= 0.3 is 0 Å². The van der Waals surface area contributed by atoms with Crippen LogP contribution in [0.1, 0.15) is 40.8 Å². The Kier molecular flexibility index (Phi) is 6.16. The number of non-ortho nitro benzene ring substituents is 1. The number of fused-ring (bicyclic) bond motifs is 2. The number of amides is 1. The predicted molar refractivity (Wildman–Crippen MR) is 132 cm³/mol. The Morgan fingerprint density at radius 3 is 2.59 bits per heavy atom. The number of nitrogens with zero attached hydrogens (tertiary/aromatic N) is 3. The third-order valence-corrected chi connectivity index (χ3v) is 6.91. The lowest BCUT2D eigenvalue weighted by Gasteiger charge is -2.30. The Bertz CT molecular complexity index is 1310. The summed E-state index contributed by atoms with van der Waals surface area (Å²) in [4.78, 5) is 30.2. The lowest BCUT2D eigenvalue weighted by molar-refractivity contribution is -0.384. The van der Waals surface area contributed by atoms with Gasteiger partial charge in [0.15, 0.2) is 0 Å². The second-order valence-electron chi connectivity index (χ2n) is 8.78. The van der Waals surface area contributed by atoms with Crippen LogP contribution in [0.25, 0.3) is 5.57 Å². The normalized spacial score (nSPS) is 15.4. The van der Waals surface area contributed by atoms with E-state index < -0.39 is 4.92 Å². The van der Waals surface area contributed by atoms with E-state index >= 15 is 0 Å². The Hall–Kier alpha value is -3.51. The summed E-state index contributed by atoms with van der Waals surface area (Å²) in [6, 6.07) is 16.5. The Balaban J connectivity index is 1.40. The van der Waals surface area contributed by atoms with E-state index in [1.54, 1.807) is 12.1 Å². The second kappa shape index (κ2) is 9.39. The molecule has 5 rings (SSSR count). The van der Waals surface area contributed by atoms with Gasteiger partial charge in [0.1, 0.15) is 0 Å². The van der Waals surface area contributed by atoms with E-state index in [9.17, 15) is 14.9 Å². The van der Waals surface area contributed by atoms with E-state index in [1.807, 2.05) is 23.2 Å². The number of likely N-dealkylation sites (tertiary alicyclic amines) is 1. The molecule has 7 heteroatoms. The molecule has 0 unspecified atom stereocenters. The minimum atomic E-state index is -0.434. The topological polar surface area (TPSA) is 76.3 Å². The summed E-state index contributed by atoms with van der Waals surface area (Å²) in [6.45, 7) is 1.25. The van der Waals surface area contributed by atoms with Gasteiger partial charge in [-0.1, -0.05) is 41.4 Å². The van der Waals surface area contributed by atoms with Crippen LogP contribution < -0.4 is 0 Å². The molecule has 1 amide bonds. The SMILES string of the molecule is O=C(Cc1cccc([N+](=O)[O-])c1)N1CCC(=C2c3ccc(Cl)cc3CCc3cccnc32)CC1. The van der Waals surface area contributed by atoms with Crippen molar-refractivity contribution in [2.75, 3.05) is 13.1 Å². The number of piperidine rings is 1. The Morgan fingerprint density at radius 1 is 1.00 bits per heavy atom. The molecule has 0 bridgehead atoms. The highest BCUT2D eigenvalue weighted by Gasteiger charge is 2.26. The summed E-state index contributed by atoms with van der Waals surface area (Å²) >= 11 is 6.31. The number of halogens is 1. The smallest absolute Gasteiger partial charge is 0.269 e. The molecule has 0 saturated carbocycles. The molecule has 1 saturated heterocycles. The van der Waals surface area contributed by atoms with Crippen LogP contribution in [-0.4, -0.2) is 33.8 Å². The predicted octanol–water partition coefficient (Wildman–Crippen LogP) is 5.41. The molecule has 0 N–H and O–H groups in total. The molecule has 1 fully saturated rings. The first-order valence-electron chi connectivity index (χ1n) is 11.5. The minimum Gasteiger partial charge on any atom is -0.342 e. The van der Waals surface area contributed by atoms with Gasteiger partial charge in [-0.2, -0.15) is 0 Å². The van der Waals surface area contributed by atoms with Crippen molar-refractivity contribution in [3.05, 3.63) is 109 Å². The van der Waals surface area contributed by atoms with E-state index in [0.717, 1.165) is 36.4 Å². The van der Waals surface area contributed by atoms with Crippen molar-refractivity contribution in [1.29, 1.82) is 0 Å². The van der Waals surface area contributed by atoms with Crippen molar-refractivity contribution < 1.29 is 9.72 Å². The summed E-state index contributed by atoms with van der Waals surface area (Å²) in [6.07, 6.45) is 5.39. The summed E-state index contributed by atoms with van der Waals surface area (Å²) in [5.74, 6) is -0.00359. The zero-order chi connectivity index (χ0) is 23.7. The van der Waals surface area contributed by atoms with Gasteiger partial charge in [0.2, 0.25) is 5.91 Å². The maximum absolute atomic E-state index is 12.9. The third-order valence-electron chi connectivity index (χ3n) is 6.68. The first kappa shape index (κ1) is 22.3. The minimum absolute atomic E-state index is 0.00359. The third kappa shape index (κ3) is 4.46. The van der Waals surface area contributed by atoms with Gasteiger partial charge in [-0.15, -0.1) is 0 Å². The molecule has 6 nitrogen and oxygen atoms in total. The molecule has 1 aliphatic heterocycles. The molecule has 2 aliphatic rings. The summed E-state index contributed by atoms with van der Waals surface area (Å²) in [5, 5.41) is 11.8. The number of benzene rings is 2. The van der Waals surface area contributed by atoms with Crippen molar-refractivity contribution in [3.63, 3.8) is 0 Å². The average molecular weight is 474 g/mol. The van der Waals surface area contributed by atoms with E-state index in [4.69, 9.17) is 16.6 Å². The molecule has 0 atom stereocenters. The summed E-state index contributed by atoms with van der Waals surface area (Å²) in [7, 11) is 0. The number of aryl methyl sites for hydroxylation is 2. The molecule has 0 spiro atoms. The highest BCUT2D eigenvalue weighted by molar-refractivity contribution is 6.30. The molecule has 2 heterocycles. The van der Waals surface area contributed by atoms with Gasteiger partial charge in [0.05, 0.1) is 17.0 Å². The van der Waals surface area contributed by atoms with E-state index in [2.05, 4.69) is 18.2 Å². The molecular formula is C27H24ClN3O3. The molecule has 2 aromatic carbocycles. The van der Waals surface area contributed by atoms with Crippen LogP contribution in [0, 0.1) is 10.1 Å². The maximum atomic E-state index is 12.9. The monoisotopic (exact) mass is 473 g/mol. The fourth-order valence-corrected chi connectivity index (χ4v) is 5.17. The van der Waals surface area contributed by atoms with Gasteiger partial charge in [0, 0.05) is 42.0 Å². The van der Waals surface area contributed by atoms with Crippen LogP contribution >= 0.6 is 11.6 Å². The number of rotatable bonds is 3. The molecule has 172 valence electrons. The fraction of sp³-hybridized carbons (Fsp3) is 0.259. The first-order valence-corrected chi connectivity index (χ1v) is 11.8. The van der Waals surface area contributed by atoms with E-state index in [-0.39, 0.29) is 18.0 Å². The number of carbonyl (C=O) groups is 1. The number of nitro groups is 1. The number of pyridine rings is 1. The van der Waals surface area contributed by atoms with Gasteiger partial charge in [-0.3, -0.25) is 19.9 Å². The largest absolute Gasteiger partial charge is 0.342 e. The van der Waals surface area contributed by atoms with E-state index in [0.29, 0.717) is 18.7 Å². The van der Waals surface area contributed by atoms with Crippen molar-refractivity contribution >= 4 is 28.8 Å². The van der Waals surface area contributed by atoms with Crippen LogP contribution in [0.15, 0.2) is 66.4 Å². The summed E-state index contributed by atoms with van der Waals surface area (Å²) < 4.78 is 0. The average Bonchev–Trinajstić information content (AvgIpc) is 3.01. The first-order chi connectivity index (χ1) is 16.5. The quantitative estimate of drug-likeness (QED) is 0.376. The van der Waals surface area contributed by atoms with E-state index in [1.165, 1.54) is 40.0 Å². The molecular weight excluding hydrogens is 450 g/mol. The highest BCUT2D eigenvalue weighted by Crippen LogP contribution is 2.38. The van der Waals surface area contributed by atoms with Crippen LogP contribution in [0.3, 0.4) is 0 Å². The number of hydrogen-bond donors (Lipinski definition) is 0. The van der Waals surface area contributed by atoms with Gasteiger partial charge in [0.25, 0.3) is 5.69 Å². The maximum Gasteiger partial charge on any atom is 0.269 e. The molecule has 1 aromatic heterocycles. The Morgan fingerprint density at radius 2 is 1.79 bits per heavy atom. The van der Waals surface area contributed by atoms with Crippen molar-refractivity contribution in [1.82, 2.24) is 9.88 Å². The fourth-order valence-electron chi connectivity index (χ4n) is 4.98. The number of nitro benzene ring substituents is 1. The van der Waals surface area contributed by atoms with Gasteiger partial charge in [-0.05, 0) is 66.1 Å². The molecule has 1 aliphatic carbocycles. The van der Waals surface area contributed by atoms with Gasteiger partial charge in [-0.25, -0.2) is 0 Å². The Labute approximate surface area is 203 Å².